The second-order valence-electron chi connectivity index (χ2n) is 7.94. The van der Waals surface area contributed by atoms with Gasteiger partial charge in [-0.15, -0.1) is 0 Å². The molecule has 0 aliphatic carbocycles. The lowest BCUT2D eigenvalue weighted by atomic mass is 10.1. The molecule has 0 spiro atoms. The molecule has 1 aliphatic heterocycles. The largest absolute Gasteiger partial charge is 0.502 e. The number of rotatable bonds is 5. The molecule has 1 fully saturated rings. The van der Waals surface area contributed by atoms with Gasteiger partial charge in [0.15, 0.2) is 5.75 Å². The number of carbonyl (C=O) groups is 1. The van der Waals surface area contributed by atoms with Gasteiger partial charge in [-0.05, 0) is 43.1 Å². The van der Waals surface area contributed by atoms with Crippen molar-refractivity contribution in [3.8, 4) is 5.75 Å². The smallest absolute Gasteiger partial charge is 0.293 e. The number of piperidine rings is 1. The molecule has 1 amide bonds. The minimum atomic E-state index is -0.581. The minimum Gasteiger partial charge on any atom is -0.502 e. The summed E-state index contributed by atoms with van der Waals surface area (Å²) in [5, 5.41) is 13.8. The first-order valence-electron chi connectivity index (χ1n) is 10.4. The van der Waals surface area contributed by atoms with Gasteiger partial charge in [0.05, 0.1) is 11.1 Å². The molecule has 1 aromatic heterocycles. The van der Waals surface area contributed by atoms with E-state index >= 15 is 0 Å². The maximum absolute atomic E-state index is 12.9. The van der Waals surface area contributed by atoms with Crippen LogP contribution in [0.4, 0.5) is 0 Å². The number of aromatic nitrogens is 1. The topological polar surface area (TPSA) is 74.6 Å². The lowest BCUT2D eigenvalue weighted by molar-refractivity contribution is 0.0949. The second-order valence-corrected chi connectivity index (χ2v) is 7.94. The Labute approximate surface area is 175 Å². The fourth-order valence-electron chi connectivity index (χ4n) is 4.19. The van der Waals surface area contributed by atoms with Crippen LogP contribution in [0.15, 0.2) is 53.3 Å². The zero-order valence-corrected chi connectivity index (χ0v) is 17.2. The first-order valence-corrected chi connectivity index (χ1v) is 10.4. The molecule has 6 nitrogen and oxygen atoms in total. The van der Waals surface area contributed by atoms with Crippen molar-refractivity contribution in [3.05, 3.63) is 75.6 Å². The van der Waals surface area contributed by atoms with Crippen LogP contribution < -0.4 is 10.9 Å². The van der Waals surface area contributed by atoms with Crippen molar-refractivity contribution >= 4 is 16.8 Å². The van der Waals surface area contributed by atoms with Crippen LogP contribution in [0.1, 0.15) is 40.7 Å². The van der Waals surface area contributed by atoms with Gasteiger partial charge in [0.1, 0.15) is 0 Å². The number of para-hydroxylation sites is 1. The highest BCUT2D eigenvalue weighted by Crippen LogP contribution is 2.23. The van der Waals surface area contributed by atoms with Crippen LogP contribution in [-0.2, 0) is 20.1 Å². The summed E-state index contributed by atoms with van der Waals surface area (Å²) >= 11 is 0. The molecule has 4 rings (SSSR count). The third-order valence-corrected chi connectivity index (χ3v) is 5.81. The van der Waals surface area contributed by atoms with Crippen LogP contribution in [0.25, 0.3) is 10.9 Å². The number of aryl methyl sites for hydroxylation is 1. The van der Waals surface area contributed by atoms with Gasteiger partial charge in [0.2, 0.25) is 0 Å². The molecule has 30 heavy (non-hydrogen) atoms. The Hall–Kier alpha value is -3.12. The highest BCUT2D eigenvalue weighted by molar-refractivity contribution is 6.08. The number of carbonyl (C=O) groups excluding carboxylic acids is 1. The average molecular weight is 405 g/mol. The SMILES string of the molecule is Cn1c(=O)c(O)c(C(=O)NCc2cccc(CN3CCCCC3)c2)c2ccccc21. The molecular weight excluding hydrogens is 378 g/mol. The lowest BCUT2D eigenvalue weighted by Gasteiger charge is -2.26. The molecule has 6 heteroatoms. The molecule has 0 radical (unpaired) electrons. The first kappa shape index (κ1) is 20.2. The Balaban J connectivity index is 1.52. The van der Waals surface area contributed by atoms with Crippen molar-refractivity contribution in [1.29, 1.82) is 0 Å². The molecule has 2 heterocycles. The predicted molar refractivity (Wildman–Crippen MR) is 118 cm³/mol. The van der Waals surface area contributed by atoms with E-state index in [4.69, 9.17) is 0 Å². The van der Waals surface area contributed by atoms with E-state index in [0.717, 1.165) is 25.2 Å². The van der Waals surface area contributed by atoms with Gasteiger partial charge in [0, 0.05) is 25.5 Å². The number of likely N-dealkylation sites (tertiary alicyclic amines) is 1. The van der Waals surface area contributed by atoms with Crippen LogP contribution in [0.2, 0.25) is 0 Å². The average Bonchev–Trinajstić information content (AvgIpc) is 2.77. The molecule has 0 unspecified atom stereocenters. The van der Waals surface area contributed by atoms with Gasteiger partial charge in [-0.3, -0.25) is 14.5 Å². The van der Waals surface area contributed by atoms with E-state index < -0.39 is 17.2 Å². The number of nitrogens with zero attached hydrogens (tertiary/aromatic N) is 2. The number of amides is 1. The van der Waals surface area contributed by atoms with E-state index in [1.807, 2.05) is 12.1 Å². The van der Waals surface area contributed by atoms with Crippen molar-refractivity contribution in [2.45, 2.75) is 32.4 Å². The summed E-state index contributed by atoms with van der Waals surface area (Å²) in [4.78, 5) is 27.7. The number of fused-ring (bicyclic) bond motifs is 1. The van der Waals surface area contributed by atoms with Gasteiger partial charge in [-0.1, -0.05) is 48.9 Å². The fourth-order valence-corrected chi connectivity index (χ4v) is 4.19. The molecule has 3 aromatic rings. The van der Waals surface area contributed by atoms with Gasteiger partial charge in [0.25, 0.3) is 11.5 Å². The summed E-state index contributed by atoms with van der Waals surface area (Å²) in [5.74, 6) is -0.976. The number of hydrogen-bond acceptors (Lipinski definition) is 4. The van der Waals surface area contributed by atoms with Crippen molar-refractivity contribution in [2.24, 2.45) is 7.05 Å². The van der Waals surface area contributed by atoms with E-state index in [2.05, 4.69) is 22.3 Å². The number of aromatic hydroxyl groups is 1. The van der Waals surface area contributed by atoms with Crippen LogP contribution in [-0.4, -0.2) is 33.6 Å². The number of benzene rings is 2. The molecule has 1 aliphatic rings. The highest BCUT2D eigenvalue weighted by atomic mass is 16.3. The Morgan fingerprint density at radius 2 is 1.77 bits per heavy atom. The molecule has 1 saturated heterocycles. The third kappa shape index (κ3) is 4.09. The predicted octanol–water partition coefficient (Wildman–Crippen LogP) is 3.16. The standard InChI is InChI=1S/C24H27N3O3/c1-26-20-11-4-3-10-19(20)21(22(28)24(26)30)23(29)25-15-17-8-7-9-18(14-17)16-27-12-5-2-6-13-27/h3-4,7-11,14,28H,2,5-6,12-13,15-16H2,1H3,(H,25,29). The zero-order valence-electron chi connectivity index (χ0n) is 17.2. The summed E-state index contributed by atoms with van der Waals surface area (Å²) in [6.45, 7) is 3.52. The van der Waals surface area contributed by atoms with Crippen molar-refractivity contribution in [1.82, 2.24) is 14.8 Å². The summed E-state index contributed by atoms with van der Waals surface area (Å²) in [6, 6.07) is 15.3. The monoisotopic (exact) mass is 405 g/mol. The quantitative estimate of drug-likeness (QED) is 0.684. The fraction of sp³-hybridized carbons (Fsp3) is 0.333. The zero-order chi connectivity index (χ0) is 21.1. The van der Waals surface area contributed by atoms with Crippen LogP contribution in [0.5, 0.6) is 5.75 Å². The van der Waals surface area contributed by atoms with Crippen LogP contribution in [0.3, 0.4) is 0 Å². The molecule has 0 bridgehead atoms. The summed E-state index contributed by atoms with van der Waals surface area (Å²) in [5.41, 5.74) is 2.27. The lowest BCUT2D eigenvalue weighted by Crippen LogP contribution is -2.29. The Bertz CT molecular complexity index is 1130. The van der Waals surface area contributed by atoms with E-state index in [-0.39, 0.29) is 5.56 Å². The molecule has 2 N–H and O–H groups in total. The van der Waals surface area contributed by atoms with E-state index in [9.17, 15) is 14.7 Å². The summed E-state index contributed by atoms with van der Waals surface area (Å²) in [6.07, 6.45) is 3.82. The van der Waals surface area contributed by atoms with E-state index in [0.29, 0.717) is 17.4 Å². The molecule has 2 aromatic carbocycles. The first-order chi connectivity index (χ1) is 14.5. The second kappa shape index (κ2) is 8.71. The highest BCUT2D eigenvalue weighted by Gasteiger charge is 2.20. The number of pyridine rings is 1. The maximum Gasteiger partial charge on any atom is 0.293 e. The van der Waals surface area contributed by atoms with E-state index in [1.54, 1.807) is 31.3 Å². The van der Waals surface area contributed by atoms with Gasteiger partial charge in [-0.25, -0.2) is 0 Å². The van der Waals surface area contributed by atoms with Crippen molar-refractivity contribution in [2.75, 3.05) is 13.1 Å². The third-order valence-electron chi connectivity index (χ3n) is 5.81. The maximum atomic E-state index is 12.9. The van der Waals surface area contributed by atoms with Crippen LogP contribution >= 0.6 is 0 Å². The van der Waals surface area contributed by atoms with Crippen LogP contribution in [0, 0.1) is 0 Å². The number of nitrogens with one attached hydrogen (secondary N) is 1. The Kier molecular flexibility index (Phi) is 5.86. The number of hydrogen-bond donors (Lipinski definition) is 2. The molecular formula is C24H27N3O3. The minimum absolute atomic E-state index is 0.0261. The Morgan fingerprint density at radius 3 is 2.57 bits per heavy atom. The summed E-state index contributed by atoms with van der Waals surface area (Å²) < 4.78 is 1.35. The molecule has 0 saturated carbocycles. The Morgan fingerprint density at radius 1 is 1.03 bits per heavy atom. The summed E-state index contributed by atoms with van der Waals surface area (Å²) in [7, 11) is 1.58. The van der Waals surface area contributed by atoms with Gasteiger partial charge < -0.3 is 15.0 Å². The van der Waals surface area contributed by atoms with Gasteiger partial charge in [-0.2, -0.15) is 0 Å². The van der Waals surface area contributed by atoms with Crippen molar-refractivity contribution in [3.63, 3.8) is 0 Å². The van der Waals surface area contributed by atoms with Crippen molar-refractivity contribution < 1.29 is 9.90 Å². The normalized spacial score (nSPS) is 14.7. The molecule has 156 valence electrons. The van der Waals surface area contributed by atoms with E-state index in [1.165, 1.54) is 29.4 Å². The van der Waals surface area contributed by atoms with Gasteiger partial charge >= 0.3 is 0 Å². The molecule has 0 atom stereocenters.